The summed E-state index contributed by atoms with van der Waals surface area (Å²) in [5, 5.41) is 0. The quantitative estimate of drug-likeness (QED) is 0.327. The number of allylic oxidation sites excluding steroid dienone is 1. The van der Waals surface area contributed by atoms with Crippen molar-refractivity contribution in [2.24, 2.45) is 0 Å². The van der Waals surface area contributed by atoms with E-state index in [4.69, 9.17) is 11.2 Å². The van der Waals surface area contributed by atoms with Gasteiger partial charge in [-0.2, -0.15) is 0 Å². The lowest BCUT2D eigenvalue weighted by molar-refractivity contribution is 0.417. The highest BCUT2D eigenvalue weighted by Gasteiger charge is 2.33. The zero-order chi connectivity index (χ0) is 7.40. The average Bonchev–Trinajstić information content (AvgIpc) is 2.68. The van der Waals surface area contributed by atoms with Gasteiger partial charge in [-0.15, -0.1) is 6.42 Å². The molecule has 10 heavy (non-hydrogen) atoms. The van der Waals surface area contributed by atoms with Crippen LogP contribution in [0, 0.1) is 12.3 Å². The van der Waals surface area contributed by atoms with E-state index < -0.39 is 0 Å². The largest absolute Gasteiger partial charge is 0.351 e. The van der Waals surface area contributed by atoms with Crippen LogP contribution in [0.2, 0.25) is 0 Å². The van der Waals surface area contributed by atoms with Crippen molar-refractivity contribution in [1.29, 1.82) is 0 Å². The molecule has 0 aromatic rings. The second kappa shape index (κ2) is 3.43. The third kappa shape index (κ3) is 1.89. The summed E-state index contributed by atoms with van der Waals surface area (Å²) < 4.78 is 5.09. The van der Waals surface area contributed by atoms with Gasteiger partial charge in [0.1, 0.15) is 12.2 Å². The molecule has 0 bridgehead atoms. The minimum atomic E-state index is 0.0631. The highest BCUT2D eigenvalue weighted by molar-refractivity contribution is 5.15. The van der Waals surface area contributed by atoms with Gasteiger partial charge in [-0.05, 0) is 6.42 Å². The van der Waals surface area contributed by atoms with Gasteiger partial charge in [-0.1, -0.05) is 31.4 Å². The Labute approximate surface area is 62.1 Å². The van der Waals surface area contributed by atoms with Crippen molar-refractivity contribution in [2.75, 3.05) is 0 Å². The molecule has 54 valence electrons. The number of ether oxygens (including phenoxy) is 1. The molecule has 0 aliphatic carbocycles. The normalized spacial score (nSPS) is 30.4. The van der Waals surface area contributed by atoms with Crippen LogP contribution in [0.15, 0.2) is 12.2 Å². The molecule has 0 aromatic carbocycles. The number of epoxide rings is 1. The van der Waals surface area contributed by atoms with Gasteiger partial charge >= 0.3 is 0 Å². The van der Waals surface area contributed by atoms with E-state index in [2.05, 4.69) is 18.9 Å². The van der Waals surface area contributed by atoms with Crippen molar-refractivity contribution >= 4 is 0 Å². The lowest BCUT2D eigenvalue weighted by atomic mass is 10.2. The third-order valence-electron chi connectivity index (χ3n) is 1.47. The van der Waals surface area contributed by atoms with Crippen molar-refractivity contribution < 1.29 is 4.74 Å². The van der Waals surface area contributed by atoms with Gasteiger partial charge in [0, 0.05) is 0 Å². The molecule has 0 saturated carbocycles. The molecule has 0 amide bonds. The number of rotatable bonds is 3. The van der Waals surface area contributed by atoms with E-state index in [1.807, 2.05) is 6.08 Å². The molecule has 1 nitrogen and oxygen atoms in total. The Balaban J connectivity index is 2.12. The number of unbranched alkanes of at least 4 members (excludes halogenated alkanes) is 1. The Bertz CT molecular complexity index is 164. The van der Waals surface area contributed by atoms with Crippen molar-refractivity contribution in [1.82, 2.24) is 0 Å². The monoisotopic (exact) mass is 136 g/mol. The van der Waals surface area contributed by atoms with Crippen LogP contribution >= 0.6 is 0 Å². The Kier molecular flexibility index (Phi) is 2.53. The number of terminal acetylenes is 1. The van der Waals surface area contributed by atoms with Crippen LogP contribution in [-0.4, -0.2) is 12.2 Å². The lowest BCUT2D eigenvalue weighted by Crippen LogP contribution is -1.83. The molecule has 1 aliphatic rings. The Morgan fingerprint density at radius 1 is 1.70 bits per heavy atom. The van der Waals surface area contributed by atoms with E-state index in [1.54, 1.807) is 0 Å². The third-order valence-corrected chi connectivity index (χ3v) is 1.47. The molecule has 1 heteroatoms. The van der Waals surface area contributed by atoms with E-state index in [1.165, 1.54) is 6.42 Å². The molecular formula is C9H12O. The van der Waals surface area contributed by atoms with E-state index >= 15 is 0 Å². The molecule has 1 saturated heterocycles. The van der Waals surface area contributed by atoms with Crippen molar-refractivity contribution in [3.8, 4) is 12.3 Å². The topological polar surface area (TPSA) is 12.5 Å². The highest BCUT2D eigenvalue weighted by atomic mass is 16.6. The van der Waals surface area contributed by atoms with Gasteiger partial charge in [0.25, 0.3) is 0 Å². The molecule has 1 heterocycles. The van der Waals surface area contributed by atoms with Crippen LogP contribution in [0.1, 0.15) is 19.8 Å². The maximum Gasteiger partial charge on any atom is 0.148 e. The van der Waals surface area contributed by atoms with Crippen molar-refractivity contribution in [3.63, 3.8) is 0 Å². The molecule has 0 aromatic heterocycles. The lowest BCUT2D eigenvalue weighted by Gasteiger charge is -1.80. The first-order valence-electron chi connectivity index (χ1n) is 3.66. The molecule has 0 N–H and O–H groups in total. The number of hydrogen-bond acceptors (Lipinski definition) is 1. The van der Waals surface area contributed by atoms with Crippen LogP contribution in [0.25, 0.3) is 0 Å². The molecule has 1 fully saturated rings. The maximum atomic E-state index is 5.12. The first-order valence-corrected chi connectivity index (χ1v) is 3.66. The minimum Gasteiger partial charge on any atom is -0.351 e. The Morgan fingerprint density at radius 3 is 3.00 bits per heavy atom. The van der Waals surface area contributed by atoms with Crippen LogP contribution in [0.3, 0.4) is 0 Å². The fourth-order valence-corrected chi connectivity index (χ4v) is 0.801. The summed E-state index contributed by atoms with van der Waals surface area (Å²) in [6.07, 6.45) is 11.9. The molecule has 0 spiro atoms. The van der Waals surface area contributed by atoms with Gasteiger partial charge in [0.2, 0.25) is 0 Å². The van der Waals surface area contributed by atoms with E-state index in [0.29, 0.717) is 0 Å². The van der Waals surface area contributed by atoms with Crippen LogP contribution < -0.4 is 0 Å². The van der Waals surface area contributed by atoms with Crippen molar-refractivity contribution in [2.45, 2.75) is 32.0 Å². The van der Waals surface area contributed by atoms with Gasteiger partial charge in [-0.25, -0.2) is 0 Å². The Hall–Kier alpha value is -0.740. The van der Waals surface area contributed by atoms with Gasteiger partial charge in [-0.3, -0.25) is 0 Å². The maximum absolute atomic E-state index is 5.12. The van der Waals surface area contributed by atoms with Crippen molar-refractivity contribution in [3.05, 3.63) is 12.2 Å². The fourth-order valence-electron chi connectivity index (χ4n) is 0.801. The predicted octanol–water partition coefficient (Wildman–Crippen LogP) is 1.74. The van der Waals surface area contributed by atoms with Gasteiger partial charge in [0.05, 0.1) is 0 Å². The second-order valence-electron chi connectivity index (χ2n) is 2.40. The summed E-state index contributed by atoms with van der Waals surface area (Å²) in [5.41, 5.74) is 0. The zero-order valence-electron chi connectivity index (χ0n) is 6.21. The SMILES string of the molecule is C#CC1OC1/C=C/CCC. The summed E-state index contributed by atoms with van der Waals surface area (Å²) in [4.78, 5) is 0. The van der Waals surface area contributed by atoms with E-state index in [-0.39, 0.29) is 12.2 Å². The standard InChI is InChI=1S/C9H12O/c1-3-5-6-7-9-8(4-2)10-9/h2,6-9H,3,5H2,1H3/b7-6+. The summed E-state index contributed by atoms with van der Waals surface area (Å²) in [5.74, 6) is 2.54. The molecule has 0 radical (unpaired) electrons. The van der Waals surface area contributed by atoms with Gasteiger partial charge in [0.15, 0.2) is 0 Å². The van der Waals surface area contributed by atoms with E-state index in [9.17, 15) is 0 Å². The summed E-state index contributed by atoms with van der Waals surface area (Å²) >= 11 is 0. The summed E-state index contributed by atoms with van der Waals surface area (Å²) in [6, 6.07) is 0. The molecular weight excluding hydrogens is 124 g/mol. The van der Waals surface area contributed by atoms with E-state index in [0.717, 1.165) is 6.42 Å². The molecule has 2 atom stereocenters. The van der Waals surface area contributed by atoms with Crippen LogP contribution in [0.4, 0.5) is 0 Å². The molecule has 2 unspecified atom stereocenters. The minimum absolute atomic E-state index is 0.0631. The zero-order valence-corrected chi connectivity index (χ0v) is 6.21. The summed E-state index contributed by atoms with van der Waals surface area (Å²) in [6.45, 7) is 2.15. The predicted molar refractivity (Wildman–Crippen MR) is 41.5 cm³/mol. The highest BCUT2D eigenvalue weighted by Crippen LogP contribution is 2.22. The average molecular weight is 136 g/mol. The first-order chi connectivity index (χ1) is 4.88. The smallest absolute Gasteiger partial charge is 0.148 e. The second-order valence-corrected chi connectivity index (χ2v) is 2.40. The van der Waals surface area contributed by atoms with Crippen LogP contribution in [-0.2, 0) is 4.74 Å². The molecule has 1 aliphatic heterocycles. The van der Waals surface area contributed by atoms with Crippen LogP contribution in [0.5, 0.6) is 0 Å². The number of hydrogen-bond donors (Lipinski definition) is 0. The first kappa shape index (κ1) is 7.37. The summed E-state index contributed by atoms with van der Waals surface area (Å²) in [7, 11) is 0. The van der Waals surface area contributed by atoms with Gasteiger partial charge < -0.3 is 4.74 Å². The molecule has 1 rings (SSSR count). The Morgan fingerprint density at radius 2 is 2.50 bits per heavy atom. The fraction of sp³-hybridized carbons (Fsp3) is 0.556.